The quantitative estimate of drug-likeness (QED) is 0.0841. The van der Waals surface area contributed by atoms with Crippen LogP contribution in [-0.2, 0) is 24.5 Å². The van der Waals surface area contributed by atoms with E-state index in [0.29, 0.717) is 39.3 Å². The van der Waals surface area contributed by atoms with Crippen molar-refractivity contribution in [2.75, 3.05) is 30.5 Å². The van der Waals surface area contributed by atoms with Gasteiger partial charge in [-0.05, 0) is 89.8 Å². The number of aromatic nitrogens is 1. The van der Waals surface area contributed by atoms with Crippen LogP contribution in [0, 0.1) is 17.8 Å². The van der Waals surface area contributed by atoms with Crippen LogP contribution in [0.15, 0.2) is 182 Å². The van der Waals surface area contributed by atoms with Crippen LogP contribution in [-0.4, -0.2) is 65.2 Å². The van der Waals surface area contributed by atoms with Crippen molar-refractivity contribution in [3.8, 4) is 23.3 Å². The molecule has 74 heavy (non-hydrogen) atoms. The molecule has 0 radical (unpaired) electrons. The number of fused-ring (bicyclic) bond motifs is 4. The molecule has 2 fully saturated rings. The second-order valence-electron chi connectivity index (χ2n) is 18.3. The number of hydrogen-bond donors (Lipinski definition) is 3. The topological polar surface area (TPSA) is 160 Å². The monoisotopic (exact) mass is 999 g/mol. The van der Waals surface area contributed by atoms with Gasteiger partial charge in [0.2, 0.25) is 11.8 Å². The van der Waals surface area contributed by atoms with Crippen molar-refractivity contribution in [3.05, 3.63) is 221 Å². The number of nitrogens with zero attached hydrogens (tertiary/aromatic N) is 3. The van der Waals surface area contributed by atoms with E-state index in [4.69, 9.17) is 19.2 Å². The van der Waals surface area contributed by atoms with Crippen molar-refractivity contribution in [1.29, 1.82) is 0 Å². The summed E-state index contributed by atoms with van der Waals surface area (Å²) in [5.41, 5.74) is 2.79. The number of amides is 4. The number of ether oxygens (including phenoxy) is 3. The summed E-state index contributed by atoms with van der Waals surface area (Å²) in [5, 5.41) is 16.6. The summed E-state index contributed by atoms with van der Waals surface area (Å²) in [6, 6.07) is 50.5. The zero-order valence-corrected chi connectivity index (χ0v) is 41.1. The molecule has 13 nitrogen and oxygen atoms in total. The van der Waals surface area contributed by atoms with Gasteiger partial charge in [-0.1, -0.05) is 145 Å². The molecule has 0 aliphatic carbocycles. The Kier molecular flexibility index (Phi) is 13.0. The van der Waals surface area contributed by atoms with Crippen molar-refractivity contribution in [1.82, 2.24) is 15.2 Å². The largest absolute Gasteiger partial charge is 0.497 e. The van der Waals surface area contributed by atoms with Gasteiger partial charge in [-0.25, -0.2) is 14.7 Å². The number of methoxy groups -OCH3 is 1. The van der Waals surface area contributed by atoms with E-state index in [-0.39, 0.29) is 29.6 Å². The smallest absolute Gasteiger partial charge is 0.329 e. The molecule has 2 saturated heterocycles. The Morgan fingerprint density at radius 3 is 2.15 bits per heavy atom. The summed E-state index contributed by atoms with van der Waals surface area (Å²) in [6.45, 7) is 1.39. The number of cyclic esters (lactones) is 1. The average Bonchev–Trinajstić information content (AvgIpc) is 4.10. The first-order valence-electron chi connectivity index (χ1n) is 24.3. The maximum atomic E-state index is 16.9. The molecule has 1 aromatic heterocycles. The van der Waals surface area contributed by atoms with E-state index >= 15 is 19.2 Å². The van der Waals surface area contributed by atoms with E-state index < -0.39 is 65.4 Å². The lowest BCUT2D eigenvalue weighted by molar-refractivity contribution is -0.177. The van der Waals surface area contributed by atoms with Crippen molar-refractivity contribution < 1.29 is 38.5 Å². The third-order valence-corrected chi connectivity index (χ3v) is 15.1. The number of carbonyl (C=O) groups is 4. The van der Waals surface area contributed by atoms with Crippen LogP contribution < -0.4 is 25.0 Å². The van der Waals surface area contributed by atoms with Gasteiger partial charge in [-0.15, -0.1) is 0 Å². The van der Waals surface area contributed by atoms with Crippen LogP contribution in [0.25, 0.3) is 10.2 Å². The van der Waals surface area contributed by atoms with Gasteiger partial charge < -0.3 is 30.0 Å². The Morgan fingerprint density at radius 2 is 1.43 bits per heavy atom. The molecule has 4 amide bonds. The molecule has 368 valence electrons. The zero-order valence-electron chi connectivity index (χ0n) is 40.3. The van der Waals surface area contributed by atoms with Gasteiger partial charge >= 0.3 is 12.0 Å². The number of aliphatic hydroxyl groups is 1. The summed E-state index contributed by atoms with van der Waals surface area (Å²) in [6.07, 6.45) is -0.956. The van der Waals surface area contributed by atoms with Crippen molar-refractivity contribution in [2.45, 2.75) is 42.6 Å². The van der Waals surface area contributed by atoms with Gasteiger partial charge in [0.1, 0.15) is 35.7 Å². The fraction of sp³-hybridized carbons (Fsp3) is 0.183. The molecule has 14 heteroatoms. The van der Waals surface area contributed by atoms with E-state index in [1.165, 1.54) is 11.3 Å². The minimum atomic E-state index is -2.12. The van der Waals surface area contributed by atoms with Crippen LogP contribution in [0.1, 0.15) is 70.1 Å². The van der Waals surface area contributed by atoms with Gasteiger partial charge in [-0.2, -0.15) is 0 Å². The number of imide groups is 1. The third-order valence-electron chi connectivity index (χ3n) is 14.1. The van der Waals surface area contributed by atoms with Crippen molar-refractivity contribution in [2.24, 2.45) is 5.92 Å². The van der Waals surface area contributed by atoms with Crippen LogP contribution >= 0.6 is 11.3 Å². The van der Waals surface area contributed by atoms with Gasteiger partial charge in [0.25, 0.3) is 0 Å². The van der Waals surface area contributed by atoms with E-state index in [9.17, 15) is 5.11 Å². The van der Waals surface area contributed by atoms with Crippen molar-refractivity contribution >= 4 is 56.2 Å². The number of benzene rings is 7. The maximum absolute atomic E-state index is 16.9. The van der Waals surface area contributed by atoms with Gasteiger partial charge in [0, 0.05) is 16.7 Å². The Hall–Kier alpha value is -8.61. The van der Waals surface area contributed by atoms with Gasteiger partial charge in [-0.3, -0.25) is 19.3 Å². The Labute approximate surface area is 431 Å². The predicted molar refractivity (Wildman–Crippen MR) is 282 cm³/mol. The van der Waals surface area contributed by atoms with Crippen LogP contribution in [0.5, 0.6) is 11.5 Å². The molecule has 4 heterocycles. The molecule has 7 aromatic carbocycles. The minimum absolute atomic E-state index is 0.111. The number of urea groups is 1. The van der Waals surface area contributed by atoms with Gasteiger partial charge in [0.15, 0.2) is 5.13 Å². The fourth-order valence-electron chi connectivity index (χ4n) is 11.0. The molecule has 3 aliphatic heterocycles. The first-order valence-corrected chi connectivity index (χ1v) is 25.1. The predicted octanol–water partition coefficient (Wildman–Crippen LogP) is 9.85. The van der Waals surface area contributed by atoms with E-state index in [2.05, 4.69) is 22.5 Å². The van der Waals surface area contributed by atoms with Crippen LogP contribution in [0.2, 0.25) is 0 Å². The first-order chi connectivity index (χ1) is 36.2. The molecule has 7 atom stereocenters. The number of hydrogen-bond acceptors (Lipinski definition) is 11. The number of esters is 1. The molecule has 0 bridgehead atoms. The molecular weight excluding hydrogens is 951 g/mol. The average molecular weight is 1000 g/mol. The lowest BCUT2D eigenvalue weighted by Gasteiger charge is -2.46. The molecule has 8 aromatic rings. The van der Waals surface area contributed by atoms with E-state index in [1.54, 1.807) is 43.5 Å². The Bertz CT molecular complexity index is 3440. The van der Waals surface area contributed by atoms with Gasteiger partial charge in [0.05, 0.1) is 53.7 Å². The number of carbonyl (C=O) groups excluding carboxylic acids is 4. The highest BCUT2D eigenvalue weighted by Gasteiger charge is 2.76. The number of anilines is 2. The lowest BCUT2D eigenvalue weighted by atomic mass is 9.65. The Morgan fingerprint density at radius 1 is 0.784 bits per heavy atom. The lowest BCUT2D eigenvalue weighted by Crippen LogP contribution is -2.55. The second-order valence-corrected chi connectivity index (χ2v) is 19.3. The first kappa shape index (κ1) is 47.7. The van der Waals surface area contributed by atoms with Crippen LogP contribution in [0.3, 0.4) is 0 Å². The molecule has 3 N–H and O–H groups in total. The summed E-state index contributed by atoms with van der Waals surface area (Å²) < 4.78 is 19.2. The van der Waals surface area contributed by atoms with Crippen LogP contribution in [0.4, 0.5) is 15.6 Å². The molecular formula is C60H49N5O8S. The number of thiazole rings is 1. The highest BCUT2D eigenvalue weighted by atomic mass is 32.1. The number of aliphatic hydroxyl groups excluding tert-OH is 1. The molecule has 11 rings (SSSR count). The summed E-state index contributed by atoms with van der Waals surface area (Å²) in [5.74, 6) is 3.66. The Balaban J connectivity index is 1.21. The third kappa shape index (κ3) is 8.40. The fourth-order valence-corrected chi connectivity index (χ4v) is 11.8. The number of morpholine rings is 1. The maximum Gasteiger partial charge on any atom is 0.329 e. The summed E-state index contributed by atoms with van der Waals surface area (Å²) in [4.78, 5) is 71.9. The van der Waals surface area contributed by atoms with E-state index in [1.807, 2.05) is 157 Å². The zero-order chi connectivity index (χ0) is 50.9. The standard InChI is InChI=1S/C60H49N5O8S/c1-37(40-16-6-3-7-17-40)61-59(70)64-47-33-30-39(27-26-38-28-31-43(71-2)32-29-38)36-45(47)60(57(64)69)50(55(67)63-58-62-46-23-13-15-25-49(46)74-58)52-56(68)73-53(42-20-10-5-11-21-42)51(41-18-8-4-9-19-41)65(52)54(60)44-22-12-14-24-48(44)72-35-34-66/h3-25,28-33,36-37,50-54,66H,34-35H2,1-2H3,(H,61,70)(H,62,63,67). The number of rotatable bonds is 11. The number of para-hydroxylation sites is 2. The SMILES string of the molecule is COc1ccc(C#Cc2ccc3c(c2)C2(C(=O)N3C(=O)NC(C)c3ccccc3)C(C(=O)Nc3nc4ccccc4s3)C3C(=O)OC(c4ccccc4)C(c4ccccc4)N3C2c2ccccc2OCCO)cc1. The molecule has 3 aliphatic rings. The highest BCUT2D eigenvalue weighted by Crippen LogP contribution is 2.67. The second kappa shape index (κ2) is 20.1. The minimum Gasteiger partial charge on any atom is -0.497 e. The molecule has 0 saturated carbocycles. The number of nitrogens with one attached hydrogen (secondary N) is 2. The molecule has 1 spiro atoms. The highest BCUT2D eigenvalue weighted by molar-refractivity contribution is 7.22. The normalized spacial score (nSPS) is 21.2. The molecule has 7 unspecified atom stereocenters. The van der Waals surface area contributed by atoms with Crippen molar-refractivity contribution in [3.63, 3.8) is 0 Å². The van der Waals surface area contributed by atoms with E-state index in [0.717, 1.165) is 20.7 Å². The summed E-state index contributed by atoms with van der Waals surface area (Å²) in [7, 11) is 1.59. The summed E-state index contributed by atoms with van der Waals surface area (Å²) >= 11 is 1.25.